The number of aryl methyl sites for hydroxylation is 2. The number of pyridine rings is 1. The molecular formula is C15H23N5O. The van der Waals surface area contributed by atoms with Gasteiger partial charge in [0.25, 0.3) is 0 Å². The molecule has 1 aliphatic rings. The SMILES string of the molecule is Cc1ccc2c(N)c(N3CCN(CCO)CC3)nn2c1C. The Hall–Kier alpha value is -1.79. The van der Waals surface area contributed by atoms with Crippen LogP contribution in [0, 0.1) is 13.8 Å². The predicted molar refractivity (Wildman–Crippen MR) is 84.8 cm³/mol. The average Bonchev–Trinajstić information content (AvgIpc) is 2.82. The molecule has 2 aromatic heterocycles. The lowest BCUT2D eigenvalue weighted by molar-refractivity contribution is 0.188. The number of aromatic nitrogens is 2. The molecule has 0 unspecified atom stereocenters. The van der Waals surface area contributed by atoms with E-state index in [-0.39, 0.29) is 6.61 Å². The monoisotopic (exact) mass is 289 g/mol. The van der Waals surface area contributed by atoms with Gasteiger partial charge in [0.15, 0.2) is 5.82 Å². The predicted octanol–water partition coefficient (Wildman–Crippen LogP) is 0.648. The molecule has 3 rings (SSSR count). The smallest absolute Gasteiger partial charge is 0.175 e. The summed E-state index contributed by atoms with van der Waals surface area (Å²) in [7, 11) is 0. The van der Waals surface area contributed by atoms with Crippen molar-refractivity contribution in [3.63, 3.8) is 0 Å². The number of hydrogen-bond donors (Lipinski definition) is 2. The van der Waals surface area contributed by atoms with E-state index >= 15 is 0 Å². The molecule has 0 bridgehead atoms. The van der Waals surface area contributed by atoms with Gasteiger partial charge in [-0.15, -0.1) is 5.10 Å². The van der Waals surface area contributed by atoms with E-state index in [2.05, 4.69) is 29.7 Å². The molecule has 0 amide bonds. The lowest BCUT2D eigenvalue weighted by atomic mass is 10.2. The Labute approximate surface area is 124 Å². The van der Waals surface area contributed by atoms with Crippen LogP contribution in [0.15, 0.2) is 12.1 Å². The maximum atomic E-state index is 9.01. The number of β-amino-alcohol motifs (C(OH)–C–C–N with tert-alkyl or cyclic N) is 1. The van der Waals surface area contributed by atoms with Crippen molar-refractivity contribution in [3.8, 4) is 0 Å². The molecular weight excluding hydrogens is 266 g/mol. The number of rotatable bonds is 3. The van der Waals surface area contributed by atoms with Gasteiger partial charge in [-0.1, -0.05) is 6.07 Å². The van der Waals surface area contributed by atoms with Gasteiger partial charge in [-0.05, 0) is 25.5 Å². The van der Waals surface area contributed by atoms with Crippen LogP contribution in [0.3, 0.4) is 0 Å². The van der Waals surface area contributed by atoms with E-state index in [4.69, 9.17) is 15.9 Å². The topological polar surface area (TPSA) is 70.0 Å². The number of piperazine rings is 1. The standard InChI is InChI=1S/C15H23N5O/c1-11-3-4-13-14(16)15(17-20(13)12(11)2)19-7-5-18(6-8-19)9-10-21/h3-4,21H,5-10,16H2,1-2H3. The third-order valence-corrected chi connectivity index (χ3v) is 4.41. The van der Waals surface area contributed by atoms with E-state index in [9.17, 15) is 0 Å². The first-order chi connectivity index (χ1) is 10.1. The molecule has 0 saturated carbocycles. The maximum Gasteiger partial charge on any atom is 0.175 e. The fourth-order valence-corrected chi connectivity index (χ4v) is 2.90. The number of nitrogens with zero attached hydrogens (tertiary/aromatic N) is 4. The van der Waals surface area contributed by atoms with Crippen molar-refractivity contribution >= 4 is 17.0 Å². The van der Waals surface area contributed by atoms with Crippen LogP contribution in [0.25, 0.3) is 5.52 Å². The van der Waals surface area contributed by atoms with Crippen LogP contribution < -0.4 is 10.6 Å². The maximum absolute atomic E-state index is 9.01. The minimum absolute atomic E-state index is 0.217. The first-order valence-corrected chi connectivity index (χ1v) is 7.44. The summed E-state index contributed by atoms with van der Waals surface area (Å²) < 4.78 is 1.94. The first-order valence-electron chi connectivity index (χ1n) is 7.44. The Balaban J connectivity index is 1.88. The Morgan fingerprint density at radius 1 is 1.19 bits per heavy atom. The molecule has 0 spiro atoms. The van der Waals surface area contributed by atoms with Crippen molar-refractivity contribution in [2.24, 2.45) is 0 Å². The zero-order valence-corrected chi connectivity index (χ0v) is 12.7. The van der Waals surface area contributed by atoms with E-state index in [0.29, 0.717) is 0 Å². The third kappa shape index (κ3) is 2.45. The van der Waals surface area contributed by atoms with Gasteiger partial charge >= 0.3 is 0 Å². The van der Waals surface area contributed by atoms with Crippen LogP contribution in [0.5, 0.6) is 0 Å². The molecule has 114 valence electrons. The summed E-state index contributed by atoms with van der Waals surface area (Å²) >= 11 is 0. The zero-order valence-electron chi connectivity index (χ0n) is 12.7. The second-order valence-corrected chi connectivity index (χ2v) is 5.69. The number of nitrogen functional groups attached to an aromatic ring is 1. The molecule has 0 aromatic carbocycles. The zero-order chi connectivity index (χ0) is 15.0. The van der Waals surface area contributed by atoms with Gasteiger partial charge in [-0.25, -0.2) is 4.52 Å². The average molecular weight is 289 g/mol. The van der Waals surface area contributed by atoms with Gasteiger partial charge in [0.2, 0.25) is 0 Å². The Kier molecular flexibility index (Phi) is 3.73. The summed E-state index contributed by atoms with van der Waals surface area (Å²) in [5, 5.41) is 13.7. The number of anilines is 2. The van der Waals surface area contributed by atoms with E-state index in [0.717, 1.165) is 55.4 Å². The number of fused-ring (bicyclic) bond motifs is 1. The fraction of sp³-hybridized carbons (Fsp3) is 0.533. The third-order valence-electron chi connectivity index (χ3n) is 4.41. The molecule has 3 N–H and O–H groups in total. The van der Waals surface area contributed by atoms with Crippen molar-refractivity contribution < 1.29 is 5.11 Å². The van der Waals surface area contributed by atoms with Crippen LogP contribution in [0.2, 0.25) is 0 Å². The summed E-state index contributed by atoms with van der Waals surface area (Å²) in [4.78, 5) is 4.50. The minimum Gasteiger partial charge on any atom is -0.395 e. The van der Waals surface area contributed by atoms with Crippen molar-refractivity contribution in [1.82, 2.24) is 14.5 Å². The quantitative estimate of drug-likeness (QED) is 0.868. The summed E-state index contributed by atoms with van der Waals surface area (Å²) in [6, 6.07) is 4.13. The van der Waals surface area contributed by atoms with Crippen LogP contribution in [0.1, 0.15) is 11.3 Å². The van der Waals surface area contributed by atoms with Crippen LogP contribution in [-0.4, -0.2) is 59.0 Å². The molecule has 0 atom stereocenters. The van der Waals surface area contributed by atoms with Gasteiger partial charge in [0.05, 0.1) is 12.1 Å². The molecule has 6 nitrogen and oxygen atoms in total. The van der Waals surface area contributed by atoms with Crippen molar-refractivity contribution in [1.29, 1.82) is 0 Å². The number of aliphatic hydroxyl groups excluding tert-OH is 1. The first kappa shape index (κ1) is 14.2. The molecule has 1 aliphatic heterocycles. The summed E-state index contributed by atoms with van der Waals surface area (Å²) in [5.41, 5.74) is 10.4. The van der Waals surface area contributed by atoms with Crippen LogP contribution >= 0.6 is 0 Å². The molecule has 21 heavy (non-hydrogen) atoms. The van der Waals surface area contributed by atoms with E-state index in [1.807, 2.05) is 10.6 Å². The Morgan fingerprint density at radius 3 is 2.57 bits per heavy atom. The number of nitrogens with two attached hydrogens (primary N) is 1. The molecule has 2 aromatic rings. The highest BCUT2D eigenvalue weighted by molar-refractivity contribution is 5.82. The van der Waals surface area contributed by atoms with Crippen molar-refractivity contribution in [2.45, 2.75) is 13.8 Å². The Morgan fingerprint density at radius 2 is 1.90 bits per heavy atom. The lowest BCUT2D eigenvalue weighted by Gasteiger charge is -2.34. The summed E-state index contributed by atoms with van der Waals surface area (Å²) in [6.45, 7) is 8.77. The van der Waals surface area contributed by atoms with Crippen molar-refractivity contribution in [2.75, 3.05) is 50.0 Å². The molecule has 6 heteroatoms. The van der Waals surface area contributed by atoms with E-state index < -0.39 is 0 Å². The normalized spacial score (nSPS) is 16.8. The Bertz CT molecular complexity index is 643. The number of aliphatic hydroxyl groups is 1. The second kappa shape index (κ2) is 5.54. The van der Waals surface area contributed by atoms with E-state index in [1.165, 1.54) is 5.56 Å². The summed E-state index contributed by atoms with van der Waals surface area (Å²) in [6.07, 6.45) is 0. The van der Waals surface area contributed by atoms with Gasteiger partial charge in [0.1, 0.15) is 5.69 Å². The minimum atomic E-state index is 0.217. The van der Waals surface area contributed by atoms with Crippen LogP contribution in [-0.2, 0) is 0 Å². The highest BCUT2D eigenvalue weighted by atomic mass is 16.3. The molecule has 0 radical (unpaired) electrons. The van der Waals surface area contributed by atoms with Gasteiger partial charge in [-0.3, -0.25) is 4.90 Å². The molecule has 1 fully saturated rings. The lowest BCUT2D eigenvalue weighted by Crippen LogP contribution is -2.47. The van der Waals surface area contributed by atoms with Gasteiger partial charge in [-0.2, -0.15) is 0 Å². The van der Waals surface area contributed by atoms with Crippen molar-refractivity contribution in [3.05, 3.63) is 23.4 Å². The number of hydrogen-bond acceptors (Lipinski definition) is 5. The van der Waals surface area contributed by atoms with Gasteiger partial charge in [0, 0.05) is 38.4 Å². The second-order valence-electron chi connectivity index (χ2n) is 5.69. The van der Waals surface area contributed by atoms with Crippen LogP contribution in [0.4, 0.5) is 11.5 Å². The largest absolute Gasteiger partial charge is 0.395 e. The fourth-order valence-electron chi connectivity index (χ4n) is 2.90. The van der Waals surface area contributed by atoms with Gasteiger partial charge < -0.3 is 15.7 Å². The molecule has 0 aliphatic carbocycles. The highest BCUT2D eigenvalue weighted by Crippen LogP contribution is 2.28. The molecule has 3 heterocycles. The summed E-state index contributed by atoms with van der Waals surface area (Å²) in [5.74, 6) is 0.882. The molecule has 1 saturated heterocycles. The highest BCUT2D eigenvalue weighted by Gasteiger charge is 2.22. The van der Waals surface area contributed by atoms with E-state index in [1.54, 1.807) is 0 Å².